The molecular weight excluding hydrogens is 446 g/mol. The summed E-state index contributed by atoms with van der Waals surface area (Å²) in [6.07, 6.45) is 3.46. The van der Waals surface area contributed by atoms with Gasteiger partial charge in [0.2, 0.25) is 10.0 Å². The predicted molar refractivity (Wildman–Crippen MR) is 114 cm³/mol. The van der Waals surface area contributed by atoms with Crippen LogP contribution in [0.5, 0.6) is 5.75 Å². The largest absolute Gasteiger partial charge is 0.494 e. The van der Waals surface area contributed by atoms with Crippen LogP contribution in [0.15, 0.2) is 58.1 Å². The number of hydrogen-bond donors (Lipinski definition) is 1. The summed E-state index contributed by atoms with van der Waals surface area (Å²) in [5.41, 5.74) is 3.51. The van der Waals surface area contributed by atoms with Crippen molar-refractivity contribution in [2.45, 2.75) is 13.3 Å². The van der Waals surface area contributed by atoms with E-state index in [0.29, 0.717) is 16.8 Å². The third-order valence-electron chi connectivity index (χ3n) is 3.54. The van der Waals surface area contributed by atoms with Crippen LogP contribution < -0.4 is 14.5 Å². The first-order valence-electron chi connectivity index (χ1n) is 8.57. The third-order valence-corrected chi connectivity index (χ3v) is 5.17. The molecule has 0 saturated heterocycles. The van der Waals surface area contributed by atoms with E-state index in [4.69, 9.17) is 4.74 Å². The average Bonchev–Trinajstić information content (AvgIpc) is 2.64. The summed E-state index contributed by atoms with van der Waals surface area (Å²) in [5.74, 6) is 0.213. The number of ether oxygens (including phenoxy) is 1. The molecule has 0 saturated carbocycles. The number of nitrogens with zero attached hydrogens (tertiary/aromatic N) is 2. The molecule has 7 nitrogen and oxygen atoms in total. The maximum Gasteiger partial charge on any atom is 0.260 e. The number of carbonyl (C=O) groups is 1. The van der Waals surface area contributed by atoms with Gasteiger partial charge in [0.1, 0.15) is 12.3 Å². The van der Waals surface area contributed by atoms with Crippen LogP contribution in [0.4, 0.5) is 5.69 Å². The van der Waals surface area contributed by atoms with Crippen molar-refractivity contribution in [3.8, 4) is 5.75 Å². The number of amides is 1. The van der Waals surface area contributed by atoms with E-state index in [0.717, 1.165) is 28.3 Å². The fourth-order valence-electron chi connectivity index (χ4n) is 2.25. The maximum atomic E-state index is 12.2. The fraction of sp³-hybridized carbons (Fsp3) is 0.263. The Morgan fingerprint density at radius 3 is 2.57 bits per heavy atom. The van der Waals surface area contributed by atoms with Gasteiger partial charge in [0.05, 0.1) is 24.8 Å². The van der Waals surface area contributed by atoms with Crippen molar-refractivity contribution in [1.29, 1.82) is 0 Å². The highest BCUT2D eigenvalue weighted by Crippen LogP contribution is 2.21. The molecule has 2 aromatic carbocycles. The summed E-state index contributed by atoms with van der Waals surface area (Å²) < 4.78 is 31.3. The molecule has 28 heavy (non-hydrogen) atoms. The Kier molecular flexibility index (Phi) is 8.01. The molecule has 0 fully saturated rings. The van der Waals surface area contributed by atoms with Gasteiger partial charge in [-0.3, -0.25) is 9.10 Å². The zero-order valence-electron chi connectivity index (χ0n) is 15.6. The van der Waals surface area contributed by atoms with Crippen LogP contribution in [0.2, 0.25) is 0 Å². The van der Waals surface area contributed by atoms with Crippen LogP contribution in [0.1, 0.15) is 18.9 Å². The summed E-state index contributed by atoms with van der Waals surface area (Å²) in [4.78, 5) is 12.2. The van der Waals surface area contributed by atoms with Crippen LogP contribution in [0, 0.1) is 0 Å². The number of benzene rings is 2. The molecule has 0 aliphatic heterocycles. The van der Waals surface area contributed by atoms with Gasteiger partial charge in [0, 0.05) is 4.47 Å². The molecule has 1 amide bonds. The second kappa shape index (κ2) is 10.2. The van der Waals surface area contributed by atoms with Gasteiger partial charge >= 0.3 is 0 Å². The molecule has 1 N–H and O–H groups in total. The number of nitrogens with one attached hydrogen (secondary N) is 1. The van der Waals surface area contributed by atoms with Crippen molar-refractivity contribution in [1.82, 2.24) is 5.43 Å². The van der Waals surface area contributed by atoms with E-state index in [1.165, 1.54) is 6.21 Å². The first-order chi connectivity index (χ1) is 13.3. The average molecular weight is 468 g/mol. The molecule has 0 heterocycles. The molecule has 0 bridgehead atoms. The van der Waals surface area contributed by atoms with Crippen molar-refractivity contribution in [2.75, 3.05) is 23.7 Å². The summed E-state index contributed by atoms with van der Waals surface area (Å²) >= 11 is 3.30. The van der Waals surface area contributed by atoms with Crippen LogP contribution in [0.3, 0.4) is 0 Å². The van der Waals surface area contributed by atoms with Crippen molar-refractivity contribution < 1.29 is 17.9 Å². The summed E-state index contributed by atoms with van der Waals surface area (Å²) in [6.45, 7) is 2.31. The highest BCUT2D eigenvalue weighted by molar-refractivity contribution is 9.10. The lowest BCUT2D eigenvalue weighted by atomic mass is 10.2. The Morgan fingerprint density at radius 1 is 1.25 bits per heavy atom. The number of halogens is 1. The maximum absolute atomic E-state index is 12.2. The Bertz CT molecular complexity index is 930. The fourth-order valence-corrected chi connectivity index (χ4v) is 3.48. The molecule has 0 spiro atoms. The monoisotopic (exact) mass is 467 g/mol. The van der Waals surface area contributed by atoms with Gasteiger partial charge in [0.25, 0.3) is 5.91 Å². The molecule has 2 aromatic rings. The molecule has 0 aliphatic carbocycles. The lowest BCUT2D eigenvalue weighted by Gasteiger charge is -2.21. The van der Waals surface area contributed by atoms with E-state index in [2.05, 4.69) is 26.5 Å². The molecule has 0 radical (unpaired) electrons. The standard InChI is InChI=1S/C19H22BrN3O4S/c1-3-11-27-18-9-7-15(8-10-18)13-21-22-19(24)14-23(28(2,25)26)17-6-4-5-16(20)12-17/h4-10,12-13H,3,11,14H2,1-2H3,(H,22,24)/b21-13-. The Morgan fingerprint density at radius 2 is 1.96 bits per heavy atom. The van der Waals surface area contributed by atoms with Crippen molar-refractivity contribution in [2.24, 2.45) is 5.10 Å². The molecule has 2 rings (SSSR count). The normalized spacial score (nSPS) is 11.4. The summed E-state index contributed by atoms with van der Waals surface area (Å²) in [6, 6.07) is 14.0. The van der Waals surface area contributed by atoms with Gasteiger partial charge in [-0.05, 0) is 54.4 Å². The lowest BCUT2D eigenvalue weighted by Crippen LogP contribution is -2.39. The second-order valence-corrected chi connectivity index (χ2v) is 8.78. The van der Waals surface area contributed by atoms with Gasteiger partial charge < -0.3 is 4.74 Å². The van der Waals surface area contributed by atoms with E-state index in [-0.39, 0.29) is 6.54 Å². The van der Waals surface area contributed by atoms with E-state index >= 15 is 0 Å². The van der Waals surface area contributed by atoms with Gasteiger partial charge in [-0.2, -0.15) is 5.10 Å². The van der Waals surface area contributed by atoms with E-state index in [1.54, 1.807) is 24.3 Å². The predicted octanol–water partition coefficient (Wildman–Crippen LogP) is 3.15. The minimum atomic E-state index is -3.63. The molecule has 0 aromatic heterocycles. The zero-order valence-corrected chi connectivity index (χ0v) is 18.0. The number of hydrogen-bond acceptors (Lipinski definition) is 5. The summed E-state index contributed by atoms with van der Waals surface area (Å²) in [7, 11) is -3.63. The highest BCUT2D eigenvalue weighted by atomic mass is 79.9. The first-order valence-corrected chi connectivity index (χ1v) is 11.2. The van der Waals surface area contributed by atoms with Gasteiger partial charge in [-0.15, -0.1) is 0 Å². The smallest absolute Gasteiger partial charge is 0.260 e. The van der Waals surface area contributed by atoms with Crippen molar-refractivity contribution >= 4 is 43.8 Å². The van der Waals surface area contributed by atoms with Gasteiger partial charge in [-0.1, -0.05) is 28.9 Å². The molecule has 150 valence electrons. The Hall–Kier alpha value is -2.39. The van der Waals surface area contributed by atoms with Gasteiger partial charge in [0.15, 0.2) is 0 Å². The number of anilines is 1. The minimum Gasteiger partial charge on any atom is -0.494 e. The second-order valence-electron chi connectivity index (χ2n) is 5.96. The van der Waals surface area contributed by atoms with Crippen LogP contribution in [0.25, 0.3) is 0 Å². The van der Waals surface area contributed by atoms with Crippen LogP contribution >= 0.6 is 15.9 Å². The third kappa shape index (κ3) is 6.97. The number of hydrazone groups is 1. The quantitative estimate of drug-likeness (QED) is 0.453. The SMILES string of the molecule is CCCOc1ccc(/C=N\NC(=O)CN(c2cccc(Br)c2)S(C)(=O)=O)cc1. The lowest BCUT2D eigenvalue weighted by molar-refractivity contribution is -0.119. The van der Waals surface area contributed by atoms with Crippen molar-refractivity contribution in [3.05, 3.63) is 58.6 Å². The minimum absolute atomic E-state index is 0.379. The van der Waals surface area contributed by atoms with Crippen LogP contribution in [-0.2, 0) is 14.8 Å². The molecule has 0 unspecified atom stereocenters. The number of rotatable bonds is 9. The first kappa shape index (κ1) is 21.9. The van der Waals surface area contributed by atoms with Crippen LogP contribution in [-0.4, -0.2) is 39.9 Å². The molecule has 0 atom stereocenters. The molecule has 9 heteroatoms. The highest BCUT2D eigenvalue weighted by Gasteiger charge is 2.20. The Labute approximate surface area is 173 Å². The van der Waals surface area contributed by atoms with E-state index < -0.39 is 15.9 Å². The summed E-state index contributed by atoms with van der Waals surface area (Å²) in [5, 5.41) is 3.88. The number of sulfonamides is 1. The van der Waals surface area contributed by atoms with Gasteiger partial charge in [-0.25, -0.2) is 13.8 Å². The molecular formula is C19H22BrN3O4S. The Balaban J connectivity index is 1.98. The topological polar surface area (TPSA) is 88.1 Å². The van der Waals surface area contributed by atoms with E-state index in [9.17, 15) is 13.2 Å². The van der Waals surface area contributed by atoms with Crippen molar-refractivity contribution in [3.63, 3.8) is 0 Å². The zero-order chi connectivity index (χ0) is 20.6. The van der Waals surface area contributed by atoms with E-state index in [1.807, 2.05) is 31.2 Å². The number of carbonyl (C=O) groups excluding carboxylic acids is 1. The molecule has 0 aliphatic rings.